The molecule has 1 aliphatic heterocycles. The zero-order valence-corrected chi connectivity index (χ0v) is 12.2. The molecule has 1 unspecified atom stereocenters. The quantitative estimate of drug-likeness (QED) is 0.575. The van der Waals surface area contributed by atoms with Gasteiger partial charge in [-0.25, -0.2) is 15.0 Å². The average Bonchev–Trinajstić information content (AvgIpc) is 3.02. The van der Waals surface area contributed by atoms with Gasteiger partial charge in [0, 0.05) is 0 Å². The summed E-state index contributed by atoms with van der Waals surface area (Å²) in [6, 6.07) is 0. The molecule has 0 spiro atoms. The van der Waals surface area contributed by atoms with Crippen molar-refractivity contribution in [3.05, 3.63) is 12.7 Å². The molecular weight excluding hydrogens is 301 g/mol. The monoisotopic (exact) mass is 315 g/mol. The lowest BCUT2D eigenvalue weighted by atomic mass is 10.2. The third-order valence-electron chi connectivity index (χ3n) is 3.16. The smallest absolute Gasteiger partial charge is 0.232 e. The van der Waals surface area contributed by atoms with Crippen LogP contribution in [0.2, 0.25) is 0 Å². The molecular formula is C10H14N5O3PS. The van der Waals surface area contributed by atoms with Crippen molar-refractivity contribution >= 4 is 36.8 Å². The lowest BCUT2D eigenvalue weighted by Gasteiger charge is -2.15. The molecule has 3 atom stereocenters. The molecule has 0 radical (unpaired) electrons. The largest absolute Gasteiger partial charge is 0.382 e. The van der Waals surface area contributed by atoms with E-state index in [9.17, 15) is 0 Å². The molecule has 1 saturated heterocycles. The molecule has 0 aliphatic carbocycles. The van der Waals surface area contributed by atoms with Crippen molar-refractivity contribution in [2.45, 2.75) is 25.2 Å². The second-order valence-corrected chi connectivity index (χ2v) is 6.21. The standard InChI is InChI=1S/C10H14N5O3PS/c11-9-8-10(13-4-12-9)15(5-14-8)7-2-1-6(18-7)3-17-19(16)20/h4-7,16,20H,1-3H2,(H2,11,12,13)/t6-,7+,19?/m0/s1. The summed E-state index contributed by atoms with van der Waals surface area (Å²) in [5.74, 6) is 0.354. The van der Waals surface area contributed by atoms with Gasteiger partial charge in [-0.15, -0.1) is 0 Å². The second-order valence-electron chi connectivity index (χ2n) is 4.42. The van der Waals surface area contributed by atoms with Crippen molar-refractivity contribution in [2.24, 2.45) is 0 Å². The van der Waals surface area contributed by atoms with E-state index in [1.54, 1.807) is 6.33 Å². The molecule has 3 rings (SSSR count). The number of rotatable bonds is 4. The number of anilines is 1. The highest BCUT2D eigenvalue weighted by molar-refractivity contribution is 8.41. The van der Waals surface area contributed by atoms with Gasteiger partial charge < -0.3 is 19.9 Å². The highest BCUT2D eigenvalue weighted by Gasteiger charge is 2.28. The van der Waals surface area contributed by atoms with E-state index in [0.717, 1.165) is 12.8 Å². The van der Waals surface area contributed by atoms with Gasteiger partial charge in [0.15, 0.2) is 11.5 Å². The minimum Gasteiger partial charge on any atom is -0.382 e. The van der Waals surface area contributed by atoms with Gasteiger partial charge in [0.25, 0.3) is 0 Å². The Morgan fingerprint density at radius 2 is 2.35 bits per heavy atom. The summed E-state index contributed by atoms with van der Waals surface area (Å²) in [5, 5.41) is 0. The van der Waals surface area contributed by atoms with Crippen LogP contribution >= 0.6 is 19.8 Å². The Morgan fingerprint density at radius 1 is 1.50 bits per heavy atom. The fourth-order valence-electron chi connectivity index (χ4n) is 2.24. The number of nitrogens with two attached hydrogens (primary N) is 1. The van der Waals surface area contributed by atoms with E-state index in [1.165, 1.54) is 6.33 Å². The number of aromatic nitrogens is 4. The molecule has 108 valence electrons. The van der Waals surface area contributed by atoms with Crippen molar-refractivity contribution in [1.82, 2.24) is 19.5 Å². The molecule has 0 bridgehead atoms. The van der Waals surface area contributed by atoms with Gasteiger partial charge in [0.05, 0.1) is 19.0 Å². The van der Waals surface area contributed by atoms with Crippen molar-refractivity contribution in [2.75, 3.05) is 12.3 Å². The number of ether oxygens (including phenoxy) is 1. The first-order valence-electron chi connectivity index (χ1n) is 6.04. The van der Waals surface area contributed by atoms with Crippen LogP contribution in [0.1, 0.15) is 19.1 Å². The third kappa shape index (κ3) is 2.72. The fraction of sp³-hybridized carbons (Fsp3) is 0.500. The number of imidazole rings is 1. The molecule has 2 aromatic rings. The Bertz CT molecular complexity index is 610. The number of hydrogen-bond acceptors (Lipinski definition) is 8. The molecule has 0 amide bonds. The van der Waals surface area contributed by atoms with E-state index in [2.05, 4.69) is 27.2 Å². The van der Waals surface area contributed by atoms with Crippen LogP contribution in [0.15, 0.2) is 12.7 Å². The van der Waals surface area contributed by atoms with Gasteiger partial charge in [-0.3, -0.25) is 4.57 Å². The number of hydrogen-bond donors (Lipinski definition) is 3. The molecule has 3 heterocycles. The summed E-state index contributed by atoms with van der Waals surface area (Å²) in [6.45, 7) is 0.325. The molecule has 0 aromatic carbocycles. The van der Waals surface area contributed by atoms with Crippen LogP contribution in [-0.2, 0) is 9.26 Å². The van der Waals surface area contributed by atoms with Crippen LogP contribution in [-0.4, -0.2) is 37.1 Å². The zero-order valence-electron chi connectivity index (χ0n) is 10.5. The first-order chi connectivity index (χ1) is 9.65. The van der Waals surface area contributed by atoms with E-state index in [-0.39, 0.29) is 12.3 Å². The van der Waals surface area contributed by atoms with Gasteiger partial charge in [-0.05, 0) is 12.8 Å². The number of fused-ring (bicyclic) bond motifs is 1. The van der Waals surface area contributed by atoms with E-state index in [4.69, 9.17) is 19.9 Å². The summed E-state index contributed by atoms with van der Waals surface area (Å²) < 4.78 is 12.8. The molecule has 10 heteroatoms. The zero-order chi connectivity index (χ0) is 14.1. The maximum atomic E-state index is 9.04. The summed E-state index contributed by atoms with van der Waals surface area (Å²) in [5.41, 5.74) is 6.98. The number of thiol groups is 1. The van der Waals surface area contributed by atoms with Crippen LogP contribution in [0.5, 0.6) is 0 Å². The van der Waals surface area contributed by atoms with Gasteiger partial charge in [0.2, 0.25) is 7.58 Å². The van der Waals surface area contributed by atoms with Gasteiger partial charge in [0.1, 0.15) is 18.1 Å². The Hall–Kier alpha value is -0.990. The molecule has 3 N–H and O–H groups in total. The number of nitrogen functional groups attached to an aromatic ring is 1. The normalized spacial score (nSPS) is 24.3. The maximum absolute atomic E-state index is 9.04. The lowest BCUT2D eigenvalue weighted by Crippen LogP contribution is -2.15. The average molecular weight is 315 g/mol. The van der Waals surface area contributed by atoms with Crippen LogP contribution in [0, 0.1) is 0 Å². The minimum absolute atomic E-state index is 0.0686. The molecule has 8 nitrogen and oxygen atoms in total. The number of nitrogens with zero attached hydrogens (tertiary/aromatic N) is 4. The van der Waals surface area contributed by atoms with Gasteiger partial charge >= 0.3 is 0 Å². The molecule has 20 heavy (non-hydrogen) atoms. The molecule has 2 aromatic heterocycles. The predicted octanol–water partition coefficient (Wildman–Crippen LogP) is 1.25. The Balaban J connectivity index is 1.75. The van der Waals surface area contributed by atoms with Crippen LogP contribution in [0.3, 0.4) is 0 Å². The highest BCUT2D eigenvalue weighted by Crippen LogP contribution is 2.38. The summed E-state index contributed by atoms with van der Waals surface area (Å²) >= 11 is 3.81. The summed E-state index contributed by atoms with van der Waals surface area (Å²) in [6.07, 6.45) is 4.49. The molecule has 1 fully saturated rings. The Kier molecular flexibility index (Phi) is 4.04. The van der Waals surface area contributed by atoms with E-state index in [1.807, 2.05) is 4.57 Å². The van der Waals surface area contributed by atoms with E-state index in [0.29, 0.717) is 23.6 Å². The predicted molar refractivity (Wildman–Crippen MR) is 77.0 cm³/mol. The van der Waals surface area contributed by atoms with Crippen LogP contribution < -0.4 is 5.73 Å². The maximum Gasteiger partial charge on any atom is 0.232 e. The summed E-state index contributed by atoms with van der Waals surface area (Å²) in [4.78, 5) is 21.4. The van der Waals surface area contributed by atoms with Gasteiger partial charge in [-0.1, -0.05) is 12.2 Å². The van der Waals surface area contributed by atoms with E-state index < -0.39 is 7.58 Å². The van der Waals surface area contributed by atoms with Crippen molar-refractivity contribution < 1.29 is 14.2 Å². The Morgan fingerprint density at radius 3 is 3.15 bits per heavy atom. The molecule has 0 saturated carbocycles. The summed E-state index contributed by atoms with van der Waals surface area (Å²) in [7, 11) is -1.65. The topological polar surface area (TPSA) is 108 Å². The minimum atomic E-state index is -1.65. The van der Waals surface area contributed by atoms with Crippen molar-refractivity contribution in [3.63, 3.8) is 0 Å². The SMILES string of the molecule is Nc1ncnc2c1ncn2[C@H]1CC[C@@H](COP(O)S)O1. The third-order valence-corrected chi connectivity index (χ3v) is 3.88. The van der Waals surface area contributed by atoms with E-state index >= 15 is 0 Å². The first-order valence-corrected chi connectivity index (χ1v) is 8.41. The Labute approximate surface area is 121 Å². The highest BCUT2D eigenvalue weighted by atomic mass is 32.7. The lowest BCUT2D eigenvalue weighted by molar-refractivity contribution is -0.0150. The van der Waals surface area contributed by atoms with Gasteiger partial charge in [-0.2, -0.15) is 0 Å². The van der Waals surface area contributed by atoms with Crippen molar-refractivity contribution in [1.29, 1.82) is 0 Å². The first kappa shape index (κ1) is 14.0. The fourth-order valence-corrected chi connectivity index (χ4v) is 2.74. The van der Waals surface area contributed by atoms with Crippen LogP contribution in [0.4, 0.5) is 5.82 Å². The van der Waals surface area contributed by atoms with Crippen molar-refractivity contribution in [3.8, 4) is 0 Å². The van der Waals surface area contributed by atoms with Crippen LogP contribution in [0.25, 0.3) is 11.2 Å². The second kappa shape index (κ2) is 5.79. The molecule has 1 aliphatic rings.